The van der Waals surface area contributed by atoms with Crippen molar-refractivity contribution in [3.63, 3.8) is 0 Å². The number of hydrogen-bond acceptors (Lipinski definition) is 3. The van der Waals surface area contributed by atoms with E-state index in [1.165, 1.54) is 11.3 Å². The summed E-state index contributed by atoms with van der Waals surface area (Å²) >= 11 is 0. The van der Waals surface area contributed by atoms with Crippen molar-refractivity contribution in [2.75, 3.05) is 31.6 Å². The Morgan fingerprint density at radius 2 is 1.85 bits per heavy atom. The van der Waals surface area contributed by atoms with E-state index in [1.807, 2.05) is 0 Å². The van der Waals surface area contributed by atoms with Gasteiger partial charge in [-0.05, 0) is 51.4 Å². The molecule has 0 spiro atoms. The molecule has 1 aromatic carbocycles. The zero-order valence-electron chi connectivity index (χ0n) is 13.4. The van der Waals surface area contributed by atoms with Gasteiger partial charge in [0.05, 0.1) is 0 Å². The molecule has 1 aliphatic heterocycles. The first-order chi connectivity index (χ1) is 9.42. The van der Waals surface area contributed by atoms with Crippen LogP contribution in [-0.2, 0) is 6.42 Å². The van der Waals surface area contributed by atoms with Crippen LogP contribution in [0.3, 0.4) is 0 Å². The Bertz CT molecular complexity index is 424. The lowest BCUT2D eigenvalue weighted by atomic mass is 9.98. The highest BCUT2D eigenvalue weighted by Gasteiger charge is 2.30. The molecule has 1 aromatic rings. The number of likely N-dealkylation sites (N-methyl/N-ethyl adjacent to an activating group) is 1. The number of nitrogens with zero attached hydrogens (tertiary/aromatic N) is 2. The molecule has 1 saturated heterocycles. The van der Waals surface area contributed by atoms with Crippen molar-refractivity contribution < 1.29 is 0 Å². The van der Waals surface area contributed by atoms with Crippen LogP contribution in [0, 0.1) is 0 Å². The van der Waals surface area contributed by atoms with E-state index in [0.717, 1.165) is 32.5 Å². The smallest absolute Gasteiger partial charge is 0.0367 e. The van der Waals surface area contributed by atoms with Crippen LogP contribution < -0.4 is 10.6 Å². The summed E-state index contributed by atoms with van der Waals surface area (Å²) in [6, 6.07) is 9.24. The molecule has 0 bridgehead atoms. The van der Waals surface area contributed by atoms with Gasteiger partial charge in [-0.25, -0.2) is 0 Å². The molecule has 2 N–H and O–H groups in total. The maximum absolute atomic E-state index is 6.02. The van der Waals surface area contributed by atoms with Crippen molar-refractivity contribution in [3.8, 4) is 0 Å². The Hall–Kier alpha value is -1.06. The van der Waals surface area contributed by atoms with Gasteiger partial charge in [0.25, 0.3) is 0 Å². The molecule has 0 aliphatic carbocycles. The summed E-state index contributed by atoms with van der Waals surface area (Å²) in [6.45, 7) is 10.1. The van der Waals surface area contributed by atoms with Crippen molar-refractivity contribution >= 4 is 5.69 Å². The Kier molecular flexibility index (Phi) is 4.71. The van der Waals surface area contributed by atoms with Crippen LogP contribution in [0.5, 0.6) is 0 Å². The van der Waals surface area contributed by atoms with Crippen molar-refractivity contribution in [2.45, 2.75) is 45.2 Å². The average Bonchev–Trinajstić information content (AvgIpc) is 2.42. The zero-order valence-corrected chi connectivity index (χ0v) is 13.4. The number of nitrogens with two attached hydrogens (primary N) is 1. The van der Waals surface area contributed by atoms with E-state index in [0.29, 0.717) is 0 Å². The summed E-state index contributed by atoms with van der Waals surface area (Å²) in [5, 5.41) is 0. The van der Waals surface area contributed by atoms with E-state index in [-0.39, 0.29) is 11.6 Å². The van der Waals surface area contributed by atoms with Gasteiger partial charge in [0.15, 0.2) is 0 Å². The number of anilines is 1. The highest BCUT2D eigenvalue weighted by Crippen LogP contribution is 2.24. The SMILES string of the molecule is CCC(N)Cc1ccc(N2CCN(C)C(C)(C)C2)cc1. The van der Waals surface area contributed by atoms with E-state index in [9.17, 15) is 0 Å². The van der Waals surface area contributed by atoms with Gasteiger partial charge >= 0.3 is 0 Å². The predicted molar refractivity (Wildman–Crippen MR) is 87.3 cm³/mol. The fraction of sp³-hybridized carbons (Fsp3) is 0.647. The molecule has 0 aromatic heterocycles. The number of piperazine rings is 1. The molecule has 2 rings (SSSR count). The van der Waals surface area contributed by atoms with E-state index < -0.39 is 0 Å². The predicted octanol–water partition coefficient (Wildman–Crippen LogP) is 2.50. The van der Waals surface area contributed by atoms with Gasteiger partial charge in [-0.1, -0.05) is 19.1 Å². The van der Waals surface area contributed by atoms with E-state index in [1.54, 1.807) is 0 Å². The molecule has 0 saturated carbocycles. The third kappa shape index (κ3) is 3.53. The Morgan fingerprint density at radius 3 is 2.40 bits per heavy atom. The Labute approximate surface area is 123 Å². The largest absolute Gasteiger partial charge is 0.368 e. The highest BCUT2D eigenvalue weighted by molar-refractivity contribution is 5.48. The summed E-state index contributed by atoms with van der Waals surface area (Å²) in [7, 11) is 2.21. The van der Waals surface area contributed by atoms with Gasteiger partial charge in [-0.15, -0.1) is 0 Å². The lowest BCUT2D eigenvalue weighted by Crippen LogP contribution is -2.57. The van der Waals surface area contributed by atoms with Gasteiger partial charge in [0, 0.05) is 36.9 Å². The molecule has 1 atom stereocenters. The molecule has 3 heteroatoms. The summed E-state index contributed by atoms with van der Waals surface area (Å²) in [5.41, 5.74) is 8.94. The standard InChI is InChI=1S/C17H29N3/c1-5-15(18)12-14-6-8-16(9-7-14)20-11-10-19(4)17(2,3)13-20/h6-9,15H,5,10-13,18H2,1-4H3. The molecule has 1 heterocycles. The second kappa shape index (κ2) is 6.15. The number of benzene rings is 1. The molecule has 1 aliphatic rings. The maximum Gasteiger partial charge on any atom is 0.0367 e. The molecule has 1 unspecified atom stereocenters. The molecule has 20 heavy (non-hydrogen) atoms. The molecule has 112 valence electrons. The van der Waals surface area contributed by atoms with Crippen molar-refractivity contribution in [3.05, 3.63) is 29.8 Å². The van der Waals surface area contributed by atoms with Gasteiger partial charge in [-0.2, -0.15) is 0 Å². The lowest BCUT2D eigenvalue weighted by molar-refractivity contribution is 0.139. The summed E-state index contributed by atoms with van der Waals surface area (Å²) < 4.78 is 0. The minimum Gasteiger partial charge on any atom is -0.368 e. The molecule has 1 fully saturated rings. The third-order valence-electron chi connectivity index (χ3n) is 4.64. The summed E-state index contributed by atoms with van der Waals surface area (Å²) in [4.78, 5) is 4.93. The summed E-state index contributed by atoms with van der Waals surface area (Å²) in [5.74, 6) is 0. The first-order valence-electron chi connectivity index (χ1n) is 7.73. The van der Waals surface area contributed by atoms with Gasteiger partial charge in [-0.3, -0.25) is 4.90 Å². The van der Waals surface area contributed by atoms with Crippen molar-refractivity contribution in [1.29, 1.82) is 0 Å². The first kappa shape index (κ1) is 15.3. The lowest BCUT2D eigenvalue weighted by Gasteiger charge is -2.46. The number of rotatable bonds is 4. The van der Waals surface area contributed by atoms with E-state index in [4.69, 9.17) is 5.73 Å². The van der Waals surface area contributed by atoms with Crippen LogP contribution >= 0.6 is 0 Å². The van der Waals surface area contributed by atoms with Crippen LogP contribution in [0.1, 0.15) is 32.8 Å². The third-order valence-corrected chi connectivity index (χ3v) is 4.64. The maximum atomic E-state index is 6.02. The van der Waals surface area contributed by atoms with Gasteiger partial charge < -0.3 is 10.6 Å². The van der Waals surface area contributed by atoms with Gasteiger partial charge in [0.1, 0.15) is 0 Å². The molecular formula is C17H29N3. The van der Waals surface area contributed by atoms with Crippen molar-refractivity contribution in [1.82, 2.24) is 4.90 Å². The topological polar surface area (TPSA) is 32.5 Å². The second-order valence-corrected chi connectivity index (χ2v) is 6.69. The van der Waals surface area contributed by atoms with Crippen LogP contribution in [0.2, 0.25) is 0 Å². The molecule has 0 amide bonds. The van der Waals surface area contributed by atoms with Crippen LogP contribution in [0.25, 0.3) is 0 Å². The molecule has 3 nitrogen and oxygen atoms in total. The zero-order chi connectivity index (χ0) is 14.8. The highest BCUT2D eigenvalue weighted by atomic mass is 15.3. The average molecular weight is 275 g/mol. The fourth-order valence-electron chi connectivity index (χ4n) is 2.75. The normalized spacial score (nSPS) is 20.9. The van der Waals surface area contributed by atoms with Crippen molar-refractivity contribution in [2.24, 2.45) is 5.73 Å². The van der Waals surface area contributed by atoms with E-state index >= 15 is 0 Å². The number of hydrogen-bond donors (Lipinski definition) is 1. The minimum absolute atomic E-state index is 0.238. The van der Waals surface area contributed by atoms with E-state index in [2.05, 4.69) is 61.9 Å². The van der Waals surface area contributed by atoms with Crippen LogP contribution in [0.15, 0.2) is 24.3 Å². The van der Waals surface area contributed by atoms with Crippen LogP contribution in [-0.4, -0.2) is 43.2 Å². The Balaban J connectivity index is 2.03. The monoisotopic (exact) mass is 275 g/mol. The van der Waals surface area contributed by atoms with Crippen LogP contribution in [0.4, 0.5) is 5.69 Å². The quantitative estimate of drug-likeness (QED) is 0.916. The first-order valence-corrected chi connectivity index (χ1v) is 7.73. The van der Waals surface area contributed by atoms with Gasteiger partial charge in [0.2, 0.25) is 0 Å². The second-order valence-electron chi connectivity index (χ2n) is 6.69. The Morgan fingerprint density at radius 1 is 1.20 bits per heavy atom. The molecule has 0 radical (unpaired) electrons. The molecular weight excluding hydrogens is 246 g/mol. The summed E-state index contributed by atoms with van der Waals surface area (Å²) in [6.07, 6.45) is 2.01. The minimum atomic E-state index is 0.238. The fourth-order valence-corrected chi connectivity index (χ4v) is 2.75.